The summed E-state index contributed by atoms with van der Waals surface area (Å²) in [5.74, 6) is 0.334. The molecule has 0 saturated carbocycles. The normalized spacial score (nSPS) is 16.6. The van der Waals surface area contributed by atoms with Crippen LogP contribution in [0.15, 0.2) is 24.3 Å². The Kier molecular flexibility index (Phi) is 3.29. The van der Waals surface area contributed by atoms with Gasteiger partial charge in [-0.25, -0.2) is 0 Å². The molecule has 1 unspecified atom stereocenters. The maximum atomic E-state index is 11.8. The highest BCUT2D eigenvalue weighted by Gasteiger charge is 2.29. The van der Waals surface area contributed by atoms with E-state index in [1.807, 2.05) is 6.07 Å². The van der Waals surface area contributed by atoms with E-state index in [2.05, 4.69) is 5.32 Å². The summed E-state index contributed by atoms with van der Waals surface area (Å²) in [6.45, 7) is 2.07. The number of fused-ring (bicyclic) bond motifs is 3. The molecule has 1 heterocycles. The molecule has 1 N–H and O–H groups in total. The van der Waals surface area contributed by atoms with Gasteiger partial charge < -0.3 is 5.32 Å². The Morgan fingerprint density at radius 3 is 2.90 bits per heavy atom. The summed E-state index contributed by atoms with van der Waals surface area (Å²) in [7, 11) is 0. The average Bonchev–Trinajstić information content (AvgIpc) is 2.88. The van der Waals surface area contributed by atoms with Gasteiger partial charge in [-0.05, 0) is 17.9 Å². The summed E-state index contributed by atoms with van der Waals surface area (Å²) >= 11 is 6.00. The summed E-state index contributed by atoms with van der Waals surface area (Å²) in [6, 6.07) is 6.71. The van der Waals surface area contributed by atoms with Gasteiger partial charge >= 0.3 is 0 Å². The molecule has 21 heavy (non-hydrogen) atoms. The van der Waals surface area contributed by atoms with Crippen molar-refractivity contribution >= 4 is 39.5 Å². The minimum absolute atomic E-state index is 0.0442. The Morgan fingerprint density at radius 2 is 2.29 bits per heavy atom. The van der Waals surface area contributed by atoms with Crippen LogP contribution in [0.4, 0.5) is 11.4 Å². The van der Waals surface area contributed by atoms with E-state index in [0.717, 1.165) is 16.6 Å². The maximum Gasteiger partial charge on any atom is 0.280 e. The van der Waals surface area contributed by atoms with Crippen molar-refractivity contribution in [2.24, 2.45) is 0 Å². The maximum absolute atomic E-state index is 11.8. The number of carbonyl (C=O) groups is 1. The number of nitro benzene ring substituents is 1. The van der Waals surface area contributed by atoms with Crippen LogP contribution in [0.2, 0.25) is 0 Å². The van der Waals surface area contributed by atoms with Gasteiger partial charge in [0.05, 0.1) is 10.3 Å². The third kappa shape index (κ3) is 2.05. The predicted molar refractivity (Wildman–Crippen MR) is 82.6 cm³/mol. The number of anilines is 1. The number of benzene rings is 2. The lowest BCUT2D eigenvalue weighted by Crippen LogP contribution is -2.03. The SMILES string of the molecule is CC(=O)c1cccc2c3c(cc([N+](=O)[O-])c12)NCC3CCl. The molecule has 5 nitrogen and oxygen atoms in total. The minimum Gasteiger partial charge on any atom is -0.384 e. The topological polar surface area (TPSA) is 72.2 Å². The van der Waals surface area contributed by atoms with Gasteiger partial charge in [0.25, 0.3) is 5.69 Å². The number of hydrogen-bond acceptors (Lipinski definition) is 4. The first-order chi connectivity index (χ1) is 10.0. The molecule has 0 saturated heterocycles. The van der Waals surface area contributed by atoms with Crippen molar-refractivity contribution in [2.75, 3.05) is 17.7 Å². The number of carbonyl (C=O) groups excluding carboxylic acids is 1. The van der Waals surface area contributed by atoms with E-state index in [-0.39, 0.29) is 17.4 Å². The zero-order valence-electron chi connectivity index (χ0n) is 11.4. The predicted octanol–water partition coefficient (Wildman–Crippen LogP) is 3.70. The lowest BCUT2D eigenvalue weighted by molar-refractivity contribution is -0.383. The Labute approximate surface area is 126 Å². The fraction of sp³-hybridized carbons (Fsp3) is 0.267. The number of nitrogens with zero attached hydrogens (tertiary/aromatic N) is 1. The summed E-state index contributed by atoms with van der Waals surface area (Å²) in [5, 5.41) is 15.7. The molecule has 0 aliphatic carbocycles. The van der Waals surface area contributed by atoms with Gasteiger partial charge in [0.1, 0.15) is 0 Å². The summed E-state index contributed by atoms with van der Waals surface area (Å²) in [5.41, 5.74) is 2.04. The first-order valence-electron chi connectivity index (χ1n) is 6.59. The Balaban J connectivity index is 2.46. The molecule has 2 aromatic rings. The lowest BCUT2D eigenvalue weighted by Gasteiger charge is -2.12. The third-order valence-corrected chi connectivity index (χ3v) is 4.26. The zero-order valence-corrected chi connectivity index (χ0v) is 12.1. The van der Waals surface area contributed by atoms with Gasteiger partial charge in [-0.15, -0.1) is 11.6 Å². The highest BCUT2D eigenvalue weighted by molar-refractivity contribution is 6.19. The number of non-ortho nitro benzene ring substituents is 1. The standard InChI is InChI=1S/C15H13ClN2O3/c1-8(19)10-3-2-4-11-14-9(6-16)7-17-12(14)5-13(15(10)11)18(20)21/h2-5,9,17H,6-7H2,1H3. The van der Waals surface area contributed by atoms with Gasteiger partial charge in [0.2, 0.25) is 0 Å². The van der Waals surface area contributed by atoms with Crippen LogP contribution in [-0.4, -0.2) is 23.1 Å². The van der Waals surface area contributed by atoms with E-state index < -0.39 is 4.92 Å². The Hall–Kier alpha value is -2.14. The van der Waals surface area contributed by atoms with E-state index in [0.29, 0.717) is 23.4 Å². The molecule has 3 rings (SSSR count). The number of nitro groups is 1. The molecule has 0 bridgehead atoms. The molecule has 0 radical (unpaired) electrons. The smallest absolute Gasteiger partial charge is 0.280 e. The lowest BCUT2D eigenvalue weighted by atomic mass is 9.91. The summed E-state index contributed by atoms with van der Waals surface area (Å²) < 4.78 is 0. The molecule has 108 valence electrons. The van der Waals surface area contributed by atoms with Crippen LogP contribution in [0.1, 0.15) is 28.8 Å². The largest absolute Gasteiger partial charge is 0.384 e. The number of alkyl halides is 1. The Bertz CT molecular complexity index is 773. The van der Waals surface area contributed by atoms with Gasteiger partial charge in [-0.2, -0.15) is 0 Å². The van der Waals surface area contributed by atoms with Crippen LogP contribution < -0.4 is 5.32 Å². The molecular formula is C15H13ClN2O3. The van der Waals surface area contributed by atoms with E-state index in [9.17, 15) is 14.9 Å². The van der Waals surface area contributed by atoms with Crippen molar-refractivity contribution in [1.29, 1.82) is 0 Å². The van der Waals surface area contributed by atoms with Gasteiger partial charge in [0.15, 0.2) is 5.78 Å². The van der Waals surface area contributed by atoms with E-state index in [4.69, 9.17) is 11.6 Å². The number of hydrogen-bond donors (Lipinski definition) is 1. The first kappa shape index (κ1) is 13.8. The zero-order chi connectivity index (χ0) is 15.1. The summed E-state index contributed by atoms with van der Waals surface area (Å²) in [4.78, 5) is 22.8. The first-order valence-corrected chi connectivity index (χ1v) is 7.12. The van der Waals surface area contributed by atoms with E-state index >= 15 is 0 Å². The number of ketones is 1. The van der Waals surface area contributed by atoms with Crippen LogP contribution in [0.3, 0.4) is 0 Å². The van der Waals surface area contributed by atoms with Crippen LogP contribution in [0.25, 0.3) is 10.8 Å². The second-order valence-corrected chi connectivity index (χ2v) is 5.44. The van der Waals surface area contributed by atoms with Crippen LogP contribution in [0, 0.1) is 10.1 Å². The second kappa shape index (κ2) is 5.00. The molecule has 2 aromatic carbocycles. The number of Topliss-reactive ketones (excluding diaryl/α,β-unsaturated/α-hetero) is 1. The van der Waals surface area contributed by atoms with Crippen LogP contribution in [-0.2, 0) is 0 Å². The van der Waals surface area contributed by atoms with Crippen LogP contribution in [0.5, 0.6) is 0 Å². The Morgan fingerprint density at radius 1 is 1.52 bits per heavy atom. The molecule has 0 fully saturated rings. The van der Waals surface area contributed by atoms with Crippen LogP contribution >= 0.6 is 11.6 Å². The quantitative estimate of drug-likeness (QED) is 0.406. The highest BCUT2D eigenvalue weighted by atomic mass is 35.5. The van der Waals surface area contributed by atoms with Crippen molar-refractivity contribution in [3.05, 3.63) is 45.5 Å². The van der Waals surface area contributed by atoms with E-state index in [1.54, 1.807) is 12.1 Å². The average molecular weight is 305 g/mol. The summed E-state index contributed by atoms with van der Waals surface area (Å²) in [6.07, 6.45) is 0. The molecule has 1 aliphatic rings. The third-order valence-electron chi connectivity index (χ3n) is 3.89. The number of halogens is 1. The van der Waals surface area contributed by atoms with E-state index in [1.165, 1.54) is 13.0 Å². The number of rotatable bonds is 3. The van der Waals surface area contributed by atoms with Gasteiger partial charge in [-0.1, -0.05) is 18.2 Å². The minimum atomic E-state index is -0.440. The van der Waals surface area contributed by atoms with Gasteiger partial charge in [0, 0.05) is 35.7 Å². The van der Waals surface area contributed by atoms with Crippen molar-refractivity contribution in [1.82, 2.24) is 0 Å². The molecule has 0 amide bonds. The van der Waals surface area contributed by atoms with Crippen molar-refractivity contribution in [3.63, 3.8) is 0 Å². The monoisotopic (exact) mass is 304 g/mol. The van der Waals surface area contributed by atoms with Crippen molar-refractivity contribution < 1.29 is 9.72 Å². The molecule has 0 spiro atoms. The van der Waals surface area contributed by atoms with Crippen molar-refractivity contribution in [2.45, 2.75) is 12.8 Å². The fourth-order valence-corrected chi connectivity index (χ4v) is 3.24. The number of nitrogens with one attached hydrogen (secondary N) is 1. The highest BCUT2D eigenvalue weighted by Crippen LogP contribution is 2.43. The molecular weight excluding hydrogens is 292 g/mol. The molecule has 1 aliphatic heterocycles. The molecule has 1 atom stereocenters. The molecule has 6 heteroatoms. The van der Waals surface area contributed by atoms with Gasteiger partial charge in [-0.3, -0.25) is 14.9 Å². The fourth-order valence-electron chi connectivity index (χ4n) is 2.97. The molecule has 0 aromatic heterocycles. The van der Waals surface area contributed by atoms with Crippen molar-refractivity contribution in [3.8, 4) is 0 Å². The second-order valence-electron chi connectivity index (χ2n) is 5.13.